The van der Waals surface area contributed by atoms with E-state index >= 15 is 0 Å². The summed E-state index contributed by atoms with van der Waals surface area (Å²) < 4.78 is 2.10. The third-order valence-electron chi connectivity index (χ3n) is 7.41. The molecule has 0 saturated carbocycles. The Morgan fingerprint density at radius 2 is 1.10 bits per heavy atom. The molecule has 0 aliphatic heterocycles. The Labute approximate surface area is 237 Å². The third-order valence-corrected chi connectivity index (χ3v) is 7.41. The smallest absolute Gasteiger partial charge is 0.199 e. The molecule has 40 heavy (non-hydrogen) atoms. The van der Waals surface area contributed by atoms with Gasteiger partial charge in [0.15, 0.2) is 11.5 Å². The van der Waals surface area contributed by atoms with Gasteiger partial charge >= 0.3 is 0 Å². The number of nitrogens with zero attached hydrogens (tertiary/aromatic N) is 3. The number of rotatable bonds is 6. The van der Waals surface area contributed by atoms with Crippen LogP contribution in [-0.4, -0.2) is 58.4 Å². The van der Waals surface area contributed by atoms with Gasteiger partial charge in [-0.05, 0) is 76.2 Å². The van der Waals surface area contributed by atoms with E-state index in [9.17, 15) is 4.79 Å². The van der Waals surface area contributed by atoms with Crippen LogP contribution < -0.4 is 9.80 Å². The van der Waals surface area contributed by atoms with Gasteiger partial charge < -0.3 is 9.80 Å². The van der Waals surface area contributed by atoms with Crippen LogP contribution in [0, 0.1) is 0 Å². The topological polar surface area (TPSA) is 26.6 Å². The molecular formula is C36H36N3O+. The van der Waals surface area contributed by atoms with Crippen molar-refractivity contribution in [3.8, 4) is 0 Å². The van der Waals surface area contributed by atoms with Crippen molar-refractivity contribution in [3.63, 3.8) is 0 Å². The second kappa shape index (κ2) is 11.2. The Hall–Kier alpha value is -4.70. The molecular weight excluding hydrogens is 490 g/mol. The van der Waals surface area contributed by atoms with Crippen LogP contribution in [0.5, 0.6) is 0 Å². The highest BCUT2D eigenvalue weighted by Crippen LogP contribution is 2.37. The molecule has 0 heterocycles. The van der Waals surface area contributed by atoms with Crippen molar-refractivity contribution >= 4 is 39.2 Å². The lowest BCUT2D eigenvalue weighted by atomic mass is 9.85. The number of hydrogen-bond acceptors (Lipinski definition) is 3. The molecule has 4 heteroatoms. The highest BCUT2D eigenvalue weighted by atomic mass is 16.1. The van der Waals surface area contributed by atoms with Crippen LogP contribution in [0.1, 0.15) is 27.0 Å². The molecule has 0 atom stereocenters. The quantitative estimate of drug-likeness (QED) is 0.203. The molecule has 0 bridgehead atoms. The third kappa shape index (κ3) is 5.26. The first-order valence-electron chi connectivity index (χ1n) is 13.5. The molecule has 200 valence electrons. The van der Waals surface area contributed by atoms with Crippen LogP contribution >= 0.6 is 0 Å². The predicted molar refractivity (Wildman–Crippen MR) is 170 cm³/mol. The molecule has 5 rings (SSSR count). The van der Waals surface area contributed by atoms with Crippen LogP contribution in [0.4, 0.5) is 11.4 Å². The lowest BCUT2D eigenvalue weighted by molar-refractivity contribution is -0.462. The first-order valence-corrected chi connectivity index (χ1v) is 13.5. The number of allylic oxidation sites excluding steroid dienone is 5. The van der Waals surface area contributed by atoms with Gasteiger partial charge in [0.1, 0.15) is 14.1 Å². The average molecular weight is 527 g/mol. The lowest BCUT2D eigenvalue weighted by Gasteiger charge is -2.19. The summed E-state index contributed by atoms with van der Waals surface area (Å²) in [5, 5.41) is 2.01. The number of carbonyl (C=O) groups is 1. The van der Waals surface area contributed by atoms with E-state index in [1.165, 1.54) is 0 Å². The normalized spacial score (nSPS) is 12.6. The van der Waals surface area contributed by atoms with Gasteiger partial charge in [0, 0.05) is 68.2 Å². The molecule has 1 aliphatic rings. The number of ketones is 1. The fourth-order valence-corrected chi connectivity index (χ4v) is 5.14. The zero-order valence-electron chi connectivity index (χ0n) is 24.1. The molecule has 0 spiro atoms. The van der Waals surface area contributed by atoms with E-state index in [0.29, 0.717) is 11.1 Å². The van der Waals surface area contributed by atoms with Crippen molar-refractivity contribution in [1.29, 1.82) is 0 Å². The molecule has 4 aromatic carbocycles. The number of benzene rings is 4. The Bertz CT molecular complexity index is 1670. The molecule has 0 N–H and O–H groups in total. The van der Waals surface area contributed by atoms with Crippen LogP contribution in [0.25, 0.3) is 16.3 Å². The van der Waals surface area contributed by atoms with E-state index in [2.05, 4.69) is 82.3 Å². The van der Waals surface area contributed by atoms with E-state index in [0.717, 1.165) is 50.1 Å². The summed E-state index contributed by atoms with van der Waals surface area (Å²) >= 11 is 0. The lowest BCUT2D eigenvalue weighted by Crippen LogP contribution is -2.10. The SMILES string of the molecule is CN(C)c1ccc(C(=O)c2cccc3cccc(C(=C4C=CC(=[N+](C)C)C=C4)c4ccc(N(C)C)cc4)c23)cc1. The molecule has 0 fully saturated rings. The molecule has 0 aromatic heterocycles. The Kier molecular flexibility index (Phi) is 7.52. The van der Waals surface area contributed by atoms with E-state index in [1.807, 2.05) is 83.6 Å². The molecule has 0 amide bonds. The number of anilines is 2. The summed E-state index contributed by atoms with van der Waals surface area (Å²) in [5.74, 6) is 0.0219. The van der Waals surface area contributed by atoms with Crippen LogP contribution in [-0.2, 0) is 0 Å². The molecule has 4 aromatic rings. The van der Waals surface area contributed by atoms with Gasteiger partial charge in [-0.3, -0.25) is 4.79 Å². The van der Waals surface area contributed by atoms with Gasteiger partial charge in [-0.2, -0.15) is 0 Å². The molecule has 0 unspecified atom stereocenters. The van der Waals surface area contributed by atoms with E-state index in [4.69, 9.17) is 0 Å². The van der Waals surface area contributed by atoms with Crippen molar-refractivity contribution in [3.05, 3.63) is 137 Å². The molecule has 0 saturated heterocycles. The summed E-state index contributed by atoms with van der Waals surface area (Å²) in [4.78, 5) is 18.1. The van der Waals surface area contributed by atoms with Crippen molar-refractivity contribution < 1.29 is 9.37 Å². The Morgan fingerprint density at radius 1 is 0.600 bits per heavy atom. The van der Waals surface area contributed by atoms with Crippen molar-refractivity contribution in [2.45, 2.75) is 0 Å². The van der Waals surface area contributed by atoms with Crippen molar-refractivity contribution in [1.82, 2.24) is 0 Å². The second-order valence-corrected chi connectivity index (χ2v) is 10.7. The Balaban J connectivity index is 1.74. The largest absolute Gasteiger partial charge is 0.378 e. The summed E-state index contributed by atoms with van der Waals surface area (Å²) in [7, 11) is 12.2. The van der Waals surface area contributed by atoms with Gasteiger partial charge in [-0.1, -0.05) is 48.5 Å². The number of fused-ring (bicyclic) bond motifs is 1. The minimum absolute atomic E-state index is 0.0219. The van der Waals surface area contributed by atoms with Gasteiger partial charge in [0.25, 0.3) is 0 Å². The predicted octanol–water partition coefficient (Wildman–Crippen LogP) is 6.84. The average Bonchev–Trinajstić information content (AvgIpc) is 2.97. The van der Waals surface area contributed by atoms with Gasteiger partial charge in [0.05, 0.1) is 0 Å². The van der Waals surface area contributed by atoms with Gasteiger partial charge in [0.2, 0.25) is 0 Å². The van der Waals surface area contributed by atoms with Crippen LogP contribution in [0.3, 0.4) is 0 Å². The summed E-state index contributed by atoms with van der Waals surface area (Å²) in [6, 6.07) is 28.8. The summed E-state index contributed by atoms with van der Waals surface area (Å²) in [6.45, 7) is 0. The maximum Gasteiger partial charge on any atom is 0.199 e. The monoisotopic (exact) mass is 526 g/mol. The zero-order chi connectivity index (χ0) is 28.4. The zero-order valence-corrected chi connectivity index (χ0v) is 24.1. The van der Waals surface area contributed by atoms with Crippen LogP contribution in [0.2, 0.25) is 0 Å². The standard InChI is InChI=1S/C36H36N3O/c1-37(2)29-19-13-26(14-20-29)34(27-15-21-30(22-16-27)38(3)4)32-11-7-9-25-10-8-12-33(35(25)32)36(40)28-17-23-31(24-18-28)39(5)6/h7-24H,1-6H3/q+1. The summed E-state index contributed by atoms with van der Waals surface area (Å²) in [6.07, 6.45) is 8.64. The number of hydrogen-bond donors (Lipinski definition) is 0. The van der Waals surface area contributed by atoms with Crippen LogP contribution in [0.15, 0.2) is 115 Å². The van der Waals surface area contributed by atoms with E-state index in [1.54, 1.807) is 0 Å². The van der Waals surface area contributed by atoms with E-state index in [-0.39, 0.29) is 5.78 Å². The molecule has 4 nitrogen and oxygen atoms in total. The second-order valence-electron chi connectivity index (χ2n) is 10.7. The highest BCUT2D eigenvalue weighted by molar-refractivity contribution is 6.19. The number of carbonyl (C=O) groups excluding carboxylic acids is 1. The fraction of sp³-hybridized carbons (Fsp3) is 0.167. The fourth-order valence-electron chi connectivity index (χ4n) is 5.14. The van der Waals surface area contributed by atoms with E-state index < -0.39 is 0 Å². The first-order chi connectivity index (χ1) is 19.2. The van der Waals surface area contributed by atoms with Crippen molar-refractivity contribution in [2.24, 2.45) is 0 Å². The minimum Gasteiger partial charge on any atom is -0.378 e. The van der Waals surface area contributed by atoms with Crippen molar-refractivity contribution in [2.75, 3.05) is 52.1 Å². The molecule has 0 radical (unpaired) electrons. The van der Waals surface area contributed by atoms with Gasteiger partial charge in [-0.15, -0.1) is 0 Å². The highest BCUT2D eigenvalue weighted by Gasteiger charge is 2.20. The summed E-state index contributed by atoms with van der Waals surface area (Å²) in [5.41, 5.74) is 9.08. The Morgan fingerprint density at radius 3 is 1.60 bits per heavy atom. The maximum absolute atomic E-state index is 14.0. The molecule has 1 aliphatic carbocycles. The maximum atomic E-state index is 14.0. The van der Waals surface area contributed by atoms with Gasteiger partial charge in [-0.25, -0.2) is 4.58 Å². The minimum atomic E-state index is 0.0219. The first kappa shape index (κ1) is 26.9.